The number of benzene rings is 1. The van der Waals surface area contributed by atoms with E-state index in [2.05, 4.69) is 17.6 Å². The predicted octanol–water partition coefficient (Wildman–Crippen LogP) is 4.72. The molecule has 25 heavy (non-hydrogen) atoms. The first-order chi connectivity index (χ1) is 12.1. The van der Waals surface area contributed by atoms with Crippen molar-refractivity contribution in [1.29, 1.82) is 0 Å². The number of furan rings is 1. The lowest BCUT2D eigenvalue weighted by atomic mass is 10.1. The number of hydrogen-bond donors (Lipinski definition) is 2. The minimum atomic E-state index is -0.339. The summed E-state index contributed by atoms with van der Waals surface area (Å²) in [7, 11) is 0. The SMILES string of the molecule is CCc1cccc(NC(=O)c2sc(NC(=O)c3ccco3)cc2C)c1. The number of carbonyl (C=O) groups is 2. The molecule has 1 aromatic carbocycles. The second-order valence-electron chi connectivity index (χ2n) is 5.56. The van der Waals surface area contributed by atoms with Crippen LogP contribution in [-0.4, -0.2) is 11.8 Å². The fraction of sp³-hybridized carbons (Fsp3) is 0.158. The van der Waals surface area contributed by atoms with Gasteiger partial charge in [-0.05, 0) is 54.8 Å². The maximum absolute atomic E-state index is 12.5. The van der Waals surface area contributed by atoms with Crippen molar-refractivity contribution in [2.45, 2.75) is 20.3 Å². The summed E-state index contributed by atoms with van der Waals surface area (Å²) in [6.45, 7) is 3.91. The van der Waals surface area contributed by atoms with Gasteiger partial charge in [0, 0.05) is 5.69 Å². The molecule has 0 aliphatic carbocycles. The zero-order chi connectivity index (χ0) is 17.8. The molecule has 0 bridgehead atoms. The zero-order valence-corrected chi connectivity index (χ0v) is 14.8. The first-order valence-corrected chi connectivity index (χ1v) is 8.74. The molecule has 3 rings (SSSR count). The van der Waals surface area contributed by atoms with Crippen LogP contribution in [0.4, 0.5) is 10.7 Å². The van der Waals surface area contributed by atoms with Gasteiger partial charge >= 0.3 is 0 Å². The molecule has 0 unspecified atom stereocenters. The van der Waals surface area contributed by atoms with E-state index < -0.39 is 0 Å². The summed E-state index contributed by atoms with van der Waals surface area (Å²) < 4.78 is 5.07. The van der Waals surface area contributed by atoms with Crippen molar-refractivity contribution in [2.24, 2.45) is 0 Å². The van der Waals surface area contributed by atoms with Crippen LogP contribution >= 0.6 is 11.3 Å². The summed E-state index contributed by atoms with van der Waals surface area (Å²) in [6.07, 6.45) is 2.35. The van der Waals surface area contributed by atoms with E-state index in [9.17, 15) is 9.59 Å². The Morgan fingerprint density at radius 2 is 1.92 bits per heavy atom. The Morgan fingerprint density at radius 3 is 2.64 bits per heavy atom. The molecule has 0 radical (unpaired) electrons. The highest BCUT2D eigenvalue weighted by Crippen LogP contribution is 2.28. The molecule has 0 atom stereocenters. The Morgan fingerprint density at radius 1 is 1.08 bits per heavy atom. The third-order valence-corrected chi connectivity index (χ3v) is 4.85. The summed E-state index contributed by atoms with van der Waals surface area (Å²) in [5.41, 5.74) is 2.73. The minimum Gasteiger partial charge on any atom is -0.459 e. The maximum atomic E-state index is 12.5. The van der Waals surface area contributed by atoms with Gasteiger partial charge in [-0.25, -0.2) is 0 Å². The van der Waals surface area contributed by atoms with Gasteiger partial charge in [0.05, 0.1) is 16.1 Å². The molecule has 5 nitrogen and oxygen atoms in total. The second kappa shape index (κ2) is 7.36. The van der Waals surface area contributed by atoms with Gasteiger partial charge in [0.15, 0.2) is 5.76 Å². The standard InChI is InChI=1S/C19H18N2O3S/c1-3-13-6-4-7-14(11-13)20-19(23)17-12(2)10-16(25-17)21-18(22)15-8-5-9-24-15/h4-11H,3H2,1-2H3,(H,20,23)(H,21,22). The van der Waals surface area contributed by atoms with Gasteiger partial charge in [0.25, 0.3) is 11.8 Å². The molecule has 2 heterocycles. The highest BCUT2D eigenvalue weighted by Gasteiger charge is 2.16. The van der Waals surface area contributed by atoms with Crippen LogP contribution < -0.4 is 10.6 Å². The third kappa shape index (κ3) is 3.97. The molecule has 0 aliphatic heterocycles. The Hall–Kier alpha value is -2.86. The van der Waals surface area contributed by atoms with Crippen LogP contribution in [0.2, 0.25) is 0 Å². The van der Waals surface area contributed by atoms with Crippen LogP contribution in [0.3, 0.4) is 0 Å². The van der Waals surface area contributed by atoms with E-state index in [0.717, 1.165) is 23.2 Å². The van der Waals surface area contributed by atoms with Gasteiger partial charge in [-0.15, -0.1) is 11.3 Å². The van der Waals surface area contributed by atoms with Gasteiger partial charge in [0.1, 0.15) is 0 Å². The molecular formula is C19H18N2O3S. The molecule has 2 N–H and O–H groups in total. The smallest absolute Gasteiger partial charge is 0.291 e. The molecule has 3 aromatic rings. The maximum Gasteiger partial charge on any atom is 0.291 e. The van der Waals surface area contributed by atoms with Crippen molar-refractivity contribution < 1.29 is 14.0 Å². The summed E-state index contributed by atoms with van der Waals surface area (Å²) >= 11 is 1.24. The first kappa shape index (κ1) is 17.0. The molecule has 6 heteroatoms. The Kier molecular flexibility index (Phi) is 5.00. The summed E-state index contributed by atoms with van der Waals surface area (Å²) in [5, 5.41) is 6.26. The van der Waals surface area contributed by atoms with Crippen molar-refractivity contribution in [2.75, 3.05) is 10.6 Å². The van der Waals surface area contributed by atoms with Gasteiger partial charge in [-0.2, -0.15) is 0 Å². The number of amides is 2. The van der Waals surface area contributed by atoms with E-state index in [1.165, 1.54) is 17.6 Å². The Labute approximate surface area is 149 Å². The lowest BCUT2D eigenvalue weighted by molar-refractivity contribution is 0.0995. The van der Waals surface area contributed by atoms with Crippen LogP contribution in [0.5, 0.6) is 0 Å². The molecule has 0 saturated heterocycles. The fourth-order valence-electron chi connectivity index (χ4n) is 2.41. The molecular weight excluding hydrogens is 336 g/mol. The topological polar surface area (TPSA) is 71.3 Å². The second-order valence-corrected chi connectivity index (χ2v) is 6.61. The fourth-order valence-corrected chi connectivity index (χ4v) is 3.37. The van der Waals surface area contributed by atoms with E-state index >= 15 is 0 Å². The molecule has 2 amide bonds. The zero-order valence-electron chi connectivity index (χ0n) is 14.0. The summed E-state index contributed by atoms with van der Waals surface area (Å²) in [5.74, 6) is -0.295. The average Bonchev–Trinajstić information content (AvgIpc) is 3.25. The lowest BCUT2D eigenvalue weighted by Crippen LogP contribution is -2.11. The summed E-state index contributed by atoms with van der Waals surface area (Å²) in [4.78, 5) is 25.1. The van der Waals surface area contributed by atoms with Crippen molar-refractivity contribution >= 4 is 33.8 Å². The van der Waals surface area contributed by atoms with Crippen molar-refractivity contribution in [3.63, 3.8) is 0 Å². The van der Waals surface area contributed by atoms with Crippen LogP contribution in [-0.2, 0) is 6.42 Å². The molecule has 2 aromatic heterocycles. The molecule has 0 saturated carbocycles. The minimum absolute atomic E-state index is 0.186. The number of anilines is 2. The first-order valence-electron chi connectivity index (χ1n) is 7.92. The quantitative estimate of drug-likeness (QED) is 0.696. The highest BCUT2D eigenvalue weighted by atomic mass is 32.1. The van der Waals surface area contributed by atoms with E-state index in [1.54, 1.807) is 18.2 Å². The van der Waals surface area contributed by atoms with E-state index in [4.69, 9.17) is 4.42 Å². The molecule has 0 aliphatic rings. The summed E-state index contributed by atoms with van der Waals surface area (Å²) in [6, 6.07) is 12.8. The number of nitrogens with one attached hydrogen (secondary N) is 2. The number of rotatable bonds is 5. The monoisotopic (exact) mass is 354 g/mol. The lowest BCUT2D eigenvalue weighted by Gasteiger charge is -2.06. The average molecular weight is 354 g/mol. The number of thiophene rings is 1. The predicted molar refractivity (Wildman–Crippen MR) is 99.5 cm³/mol. The van der Waals surface area contributed by atoms with Crippen LogP contribution in [0, 0.1) is 6.92 Å². The molecule has 0 fully saturated rings. The number of hydrogen-bond acceptors (Lipinski definition) is 4. The van der Waals surface area contributed by atoms with Crippen molar-refractivity contribution in [3.05, 3.63) is 70.5 Å². The molecule has 128 valence electrons. The van der Waals surface area contributed by atoms with E-state index in [-0.39, 0.29) is 17.6 Å². The third-order valence-electron chi connectivity index (χ3n) is 3.70. The molecule has 0 spiro atoms. The normalized spacial score (nSPS) is 10.5. The van der Waals surface area contributed by atoms with Gasteiger partial charge in [-0.3, -0.25) is 9.59 Å². The number of carbonyl (C=O) groups excluding carboxylic acids is 2. The highest BCUT2D eigenvalue weighted by molar-refractivity contribution is 7.18. The van der Waals surface area contributed by atoms with Crippen LogP contribution in [0.1, 0.15) is 38.3 Å². The van der Waals surface area contributed by atoms with Crippen LogP contribution in [0.25, 0.3) is 0 Å². The Balaban J connectivity index is 1.73. The Bertz CT molecular complexity index is 897. The van der Waals surface area contributed by atoms with Gasteiger partial charge in [-0.1, -0.05) is 19.1 Å². The van der Waals surface area contributed by atoms with Crippen molar-refractivity contribution in [1.82, 2.24) is 0 Å². The number of aryl methyl sites for hydroxylation is 2. The van der Waals surface area contributed by atoms with Gasteiger partial charge in [0.2, 0.25) is 0 Å². The largest absolute Gasteiger partial charge is 0.459 e. The van der Waals surface area contributed by atoms with Crippen LogP contribution in [0.15, 0.2) is 53.1 Å². The van der Waals surface area contributed by atoms with E-state index in [0.29, 0.717) is 9.88 Å². The van der Waals surface area contributed by atoms with Crippen molar-refractivity contribution in [3.8, 4) is 0 Å². The van der Waals surface area contributed by atoms with E-state index in [1.807, 2.05) is 31.2 Å². The van der Waals surface area contributed by atoms with Gasteiger partial charge < -0.3 is 15.1 Å².